The number of rotatable bonds is 4. The van der Waals surface area contributed by atoms with Crippen molar-refractivity contribution in [3.8, 4) is 16.9 Å². The molecule has 11 heteroatoms. The van der Waals surface area contributed by atoms with Crippen LogP contribution in [0.25, 0.3) is 11.1 Å². The predicted molar refractivity (Wildman–Crippen MR) is 92.6 cm³/mol. The zero-order valence-electron chi connectivity index (χ0n) is 13.3. The van der Waals surface area contributed by atoms with Crippen LogP contribution in [0.5, 0.6) is 5.75 Å². The van der Waals surface area contributed by atoms with E-state index >= 15 is 0 Å². The first-order valence-corrected chi connectivity index (χ1v) is 7.74. The molecule has 3 rings (SSSR count). The van der Waals surface area contributed by atoms with Crippen LogP contribution in [0.4, 0.5) is 24.8 Å². The Balaban J connectivity index is 1.89. The summed E-state index contributed by atoms with van der Waals surface area (Å²) >= 11 is 4.88. The summed E-state index contributed by atoms with van der Waals surface area (Å²) in [7, 11) is 0. The van der Waals surface area contributed by atoms with Crippen molar-refractivity contribution in [3.05, 3.63) is 52.9 Å². The lowest BCUT2D eigenvalue weighted by Gasteiger charge is -2.14. The fourth-order valence-electron chi connectivity index (χ4n) is 2.27. The van der Waals surface area contributed by atoms with Crippen molar-refractivity contribution in [1.82, 2.24) is 10.1 Å². The third-order valence-electron chi connectivity index (χ3n) is 3.39. The van der Waals surface area contributed by atoms with Crippen molar-refractivity contribution < 1.29 is 27.2 Å². The number of nitrogens with one attached hydrogen (secondary N) is 2. The van der Waals surface area contributed by atoms with E-state index < -0.39 is 18.0 Å². The Morgan fingerprint density at radius 3 is 2.59 bits per heavy atom. The Bertz CT molecular complexity index is 1050. The molecular formula is C16H11F3N4O3S. The average Bonchev–Trinajstić information content (AvgIpc) is 3.01. The van der Waals surface area contributed by atoms with Crippen LogP contribution >= 0.6 is 12.2 Å². The zero-order valence-corrected chi connectivity index (χ0v) is 14.1. The number of ether oxygens (including phenoxy) is 1. The summed E-state index contributed by atoms with van der Waals surface area (Å²) in [6, 6.07) is 8.33. The van der Waals surface area contributed by atoms with E-state index in [0.29, 0.717) is 0 Å². The van der Waals surface area contributed by atoms with Gasteiger partial charge in [-0.3, -0.25) is 4.79 Å². The van der Waals surface area contributed by atoms with Gasteiger partial charge in [0.1, 0.15) is 29.2 Å². The molecule has 0 aliphatic heterocycles. The molecule has 3 aromatic rings. The number of nitrogens with zero attached hydrogens (tertiary/aromatic N) is 1. The monoisotopic (exact) mass is 396 g/mol. The van der Waals surface area contributed by atoms with Crippen LogP contribution in [0.3, 0.4) is 0 Å². The molecule has 27 heavy (non-hydrogen) atoms. The van der Waals surface area contributed by atoms with E-state index in [4.69, 9.17) is 22.5 Å². The second-order valence-electron chi connectivity index (χ2n) is 5.21. The van der Waals surface area contributed by atoms with Gasteiger partial charge < -0.3 is 20.3 Å². The fraction of sp³-hybridized carbons (Fsp3) is 0.0625. The number of H-pyrrole nitrogens is 1. The molecule has 7 nitrogen and oxygen atoms in total. The number of hydrogen-bond acceptors (Lipinski definition) is 6. The van der Waals surface area contributed by atoms with Crippen LogP contribution < -0.4 is 15.8 Å². The molecule has 2 heterocycles. The smallest absolute Gasteiger partial charge is 0.405 e. The lowest BCUT2D eigenvalue weighted by atomic mass is 10.1. The maximum absolute atomic E-state index is 12.6. The van der Waals surface area contributed by atoms with E-state index in [2.05, 4.69) is 20.2 Å². The molecule has 0 saturated carbocycles. The van der Waals surface area contributed by atoms with E-state index in [0.717, 1.165) is 6.26 Å². The zero-order chi connectivity index (χ0) is 19.6. The lowest BCUT2D eigenvalue weighted by Crippen LogP contribution is -2.17. The molecule has 1 amide bonds. The summed E-state index contributed by atoms with van der Waals surface area (Å²) in [6.07, 6.45) is -3.71. The van der Waals surface area contributed by atoms with Crippen molar-refractivity contribution in [1.29, 1.82) is 0 Å². The van der Waals surface area contributed by atoms with Gasteiger partial charge in [0.2, 0.25) is 0 Å². The number of alkyl halides is 3. The predicted octanol–water partition coefficient (Wildman–Crippen LogP) is 4.13. The van der Waals surface area contributed by atoms with Gasteiger partial charge in [-0.1, -0.05) is 30.4 Å². The topological polar surface area (TPSA) is 106 Å². The first-order chi connectivity index (χ1) is 12.7. The van der Waals surface area contributed by atoms with Crippen LogP contribution in [0, 0.1) is 4.64 Å². The molecule has 0 aliphatic rings. The minimum Gasteiger partial charge on any atom is -0.405 e. The van der Waals surface area contributed by atoms with Crippen LogP contribution in [0.15, 0.2) is 47.2 Å². The molecule has 0 spiro atoms. The molecule has 0 unspecified atom stereocenters. The summed E-state index contributed by atoms with van der Waals surface area (Å²) in [5, 5.41) is 4.80. The van der Waals surface area contributed by atoms with E-state index in [1.165, 1.54) is 36.4 Å². The van der Waals surface area contributed by atoms with E-state index in [1.807, 2.05) is 0 Å². The molecule has 0 radical (unpaired) electrons. The quantitative estimate of drug-likeness (QED) is 0.573. The van der Waals surface area contributed by atoms with Crippen LogP contribution in [0.1, 0.15) is 10.4 Å². The molecule has 4 N–H and O–H groups in total. The Morgan fingerprint density at radius 2 is 1.96 bits per heavy atom. The van der Waals surface area contributed by atoms with Crippen molar-refractivity contribution in [3.63, 3.8) is 0 Å². The fourth-order valence-corrected chi connectivity index (χ4v) is 2.45. The number of nitrogens with two attached hydrogens (primary N) is 1. The molecule has 0 bridgehead atoms. The lowest BCUT2D eigenvalue weighted by molar-refractivity contribution is -0.274. The highest BCUT2D eigenvalue weighted by molar-refractivity contribution is 7.71. The molecule has 0 saturated heterocycles. The van der Waals surface area contributed by atoms with E-state index in [-0.39, 0.29) is 33.0 Å². The summed E-state index contributed by atoms with van der Waals surface area (Å²) < 4.78 is 46.6. The summed E-state index contributed by atoms with van der Waals surface area (Å²) in [5.74, 6) is -1.00. The average molecular weight is 396 g/mol. The van der Waals surface area contributed by atoms with Crippen molar-refractivity contribution in [2.45, 2.75) is 6.36 Å². The number of carbonyl (C=O) groups excluding carboxylic acids is 1. The van der Waals surface area contributed by atoms with Gasteiger partial charge in [-0.2, -0.15) is 0 Å². The van der Waals surface area contributed by atoms with Crippen LogP contribution in [-0.2, 0) is 0 Å². The third kappa shape index (κ3) is 4.26. The highest BCUT2D eigenvalue weighted by Gasteiger charge is 2.32. The number of para-hydroxylation sites is 1. The van der Waals surface area contributed by atoms with Gasteiger partial charge in [0, 0.05) is 11.1 Å². The number of aromatic nitrogens is 2. The van der Waals surface area contributed by atoms with Crippen molar-refractivity contribution in [2.24, 2.45) is 0 Å². The van der Waals surface area contributed by atoms with Gasteiger partial charge in [-0.25, -0.2) is 10.1 Å². The van der Waals surface area contributed by atoms with Gasteiger partial charge in [0.05, 0.1) is 0 Å². The Morgan fingerprint density at radius 1 is 1.22 bits per heavy atom. The Labute approximate surface area is 154 Å². The molecule has 0 fully saturated rings. The van der Waals surface area contributed by atoms with Crippen molar-refractivity contribution >= 4 is 29.8 Å². The number of halogens is 3. The number of nitrogen functional groups attached to an aromatic ring is 1. The number of hydrogen-bond donors (Lipinski definition) is 3. The SMILES string of the molecule is Nc1nc(NC(=O)c2co[nH]c2=S)ccc1-c1ccccc1OC(F)(F)F. The third-order valence-corrected chi connectivity index (χ3v) is 3.69. The number of aromatic amines is 1. The number of anilines is 2. The van der Waals surface area contributed by atoms with E-state index in [9.17, 15) is 18.0 Å². The maximum Gasteiger partial charge on any atom is 0.573 e. The van der Waals surface area contributed by atoms with Gasteiger partial charge in [0.15, 0.2) is 4.64 Å². The van der Waals surface area contributed by atoms with Crippen molar-refractivity contribution in [2.75, 3.05) is 11.1 Å². The van der Waals surface area contributed by atoms with Crippen LogP contribution in [0.2, 0.25) is 0 Å². The first-order valence-electron chi connectivity index (χ1n) is 7.34. The molecule has 1 aromatic carbocycles. The van der Waals surface area contributed by atoms with Gasteiger partial charge in [-0.05, 0) is 18.2 Å². The van der Waals surface area contributed by atoms with E-state index in [1.54, 1.807) is 0 Å². The number of pyridine rings is 1. The van der Waals surface area contributed by atoms with Gasteiger partial charge in [-0.15, -0.1) is 13.2 Å². The second-order valence-corrected chi connectivity index (χ2v) is 5.62. The highest BCUT2D eigenvalue weighted by Crippen LogP contribution is 2.36. The summed E-state index contributed by atoms with van der Waals surface area (Å²) in [6.45, 7) is 0. The highest BCUT2D eigenvalue weighted by atomic mass is 32.1. The maximum atomic E-state index is 12.6. The first kappa shape index (κ1) is 18.5. The summed E-state index contributed by atoms with van der Waals surface area (Å²) in [4.78, 5) is 16.1. The Hall–Kier alpha value is -3.34. The minimum absolute atomic E-state index is 0.0890. The van der Waals surface area contributed by atoms with Gasteiger partial charge >= 0.3 is 6.36 Å². The Kier molecular flexibility index (Phi) is 4.86. The molecule has 0 aliphatic carbocycles. The number of amides is 1. The summed E-state index contributed by atoms with van der Waals surface area (Å²) in [5.41, 5.74) is 6.28. The number of benzene rings is 1. The normalized spacial score (nSPS) is 11.2. The second kappa shape index (κ2) is 7.11. The largest absolute Gasteiger partial charge is 0.573 e. The molecule has 2 aromatic heterocycles. The molecule has 0 atom stereocenters. The number of carbonyl (C=O) groups is 1. The molecule has 140 valence electrons. The minimum atomic E-state index is -4.85. The van der Waals surface area contributed by atoms with Gasteiger partial charge in [0.25, 0.3) is 5.91 Å². The standard InChI is InChI=1S/C16H11F3N4O3S/c17-16(18,19)26-11-4-2-1-3-8(11)9-5-6-12(21-13(9)20)22-14(24)10-7-25-23-15(10)27/h1-7H,(H,23,27)(H3,20,21,22,24). The molecular weight excluding hydrogens is 385 g/mol. The van der Waals surface area contributed by atoms with Crippen LogP contribution in [-0.4, -0.2) is 22.4 Å².